The molecule has 0 spiro atoms. The van der Waals surface area contributed by atoms with Crippen molar-refractivity contribution in [3.8, 4) is 0 Å². The van der Waals surface area contributed by atoms with E-state index in [9.17, 15) is 14.4 Å². The van der Waals surface area contributed by atoms with Crippen LogP contribution < -0.4 is 5.32 Å². The lowest BCUT2D eigenvalue weighted by Crippen LogP contribution is -2.70. The van der Waals surface area contributed by atoms with E-state index >= 15 is 0 Å². The Bertz CT molecular complexity index is 892. The number of esters is 1. The van der Waals surface area contributed by atoms with Gasteiger partial charge in [0, 0.05) is 5.75 Å². The summed E-state index contributed by atoms with van der Waals surface area (Å²) in [6.45, 7) is 0.296. The summed E-state index contributed by atoms with van der Waals surface area (Å²) in [7, 11) is 0. The molecule has 7 nitrogen and oxygen atoms in total. The van der Waals surface area contributed by atoms with E-state index in [4.69, 9.17) is 9.47 Å². The van der Waals surface area contributed by atoms with Gasteiger partial charge in [0.15, 0.2) is 0 Å². The molecule has 3 atom stereocenters. The fraction of sp³-hybridized carbons (Fsp3) is 0.286. The van der Waals surface area contributed by atoms with E-state index in [0.717, 1.165) is 11.1 Å². The molecule has 0 aliphatic carbocycles. The van der Waals surface area contributed by atoms with E-state index in [-0.39, 0.29) is 24.5 Å². The number of amides is 2. The molecule has 2 saturated heterocycles. The van der Waals surface area contributed by atoms with Crippen molar-refractivity contribution in [3.63, 3.8) is 0 Å². The fourth-order valence-electron chi connectivity index (χ4n) is 3.30. The number of rotatable bonds is 6. The third kappa shape index (κ3) is 4.22. The van der Waals surface area contributed by atoms with Crippen LogP contribution >= 0.6 is 11.8 Å². The first kappa shape index (κ1) is 19.3. The van der Waals surface area contributed by atoms with Crippen molar-refractivity contribution in [1.29, 1.82) is 0 Å². The third-order valence-corrected chi connectivity index (χ3v) is 6.17. The highest BCUT2D eigenvalue weighted by Gasteiger charge is 2.57. The van der Waals surface area contributed by atoms with E-state index in [2.05, 4.69) is 5.32 Å². The number of hydrogen-bond donors (Lipinski definition) is 1. The van der Waals surface area contributed by atoms with Crippen LogP contribution in [0.25, 0.3) is 0 Å². The first-order chi connectivity index (χ1) is 14.1. The lowest BCUT2D eigenvalue weighted by molar-refractivity contribution is -0.162. The van der Waals surface area contributed by atoms with Crippen LogP contribution in [0.1, 0.15) is 11.1 Å². The molecule has 0 aromatic heterocycles. The predicted octanol–water partition coefficient (Wildman–Crippen LogP) is 2.31. The van der Waals surface area contributed by atoms with Crippen molar-refractivity contribution in [1.82, 2.24) is 10.2 Å². The number of alkyl carbamates (subject to hydrolysis) is 1. The zero-order valence-corrected chi connectivity index (χ0v) is 16.3. The van der Waals surface area contributed by atoms with Crippen molar-refractivity contribution in [2.45, 2.75) is 30.7 Å². The van der Waals surface area contributed by atoms with Crippen molar-refractivity contribution >= 4 is 29.7 Å². The summed E-state index contributed by atoms with van der Waals surface area (Å²) >= 11 is 1.45. The second-order valence-electron chi connectivity index (χ2n) is 6.76. The highest BCUT2D eigenvalue weighted by Crippen LogP contribution is 2.40. The van der Waals surface area contributed by atoms with Gasteiger partial charge in [-0.15, -0.1) is 11.8 Å². The van der Waals surface area contributed by atoms with Crippen molar-refractivity contribution in [3.05, 3.63) is 71.8 Å². The van der Waals surface area contributed by atoms with E-state index in [0.29, 0.717) is 5.75 Å². The lowest BCUT2D eigenvalue weighted by atomic mass is 10.0. The number of nitrogens with one attached hydrogen (secondary N) is 1. The van der Waals surface area contributed by atoms with Gasteiger partial charge in [-0.25, -0.2) is 9.59 Å². The maximum Gasteiger partial charge on any atom is 0.408 e. The average molecular weight is 412 g/mol. The van der Waals surface area contributed by atoms with Gasteiger partial charge < -0.3 is 19.7 Å². The minimum absolute atomic E-state index is 0.129. The number of carbonyl (C=O) groups excluding carboxylic acids is 3. The molecule has 2 amide bonds. The van der Waals surface area contributed by atoms with Gasteiger partial charge >= 0.3 is 12.1 Å². The van der Waals surface area contributed by atoms with Gasteiger partial charge in [-0.1, -0.05) is 60.7 Å². The average Bonchev–Trinajstić information content (AvgIpc) is 3.16. The smallest absolute Gasteiger partial charge is 0.408 e. The summed E-state index contributed by atoms with van der Waals surface area (Å²) in [6.07, 6.45) is -0.650. The SMILES string of the molecule is O=C(NC1C(=O)N2C(C(=O)OCc3ccccc3)CS[C@H]12)OCc1ccccc1. The number of benzene rings is 2. The van der Waals surface area contributed by atoms with Crippen LogP contribution in [0, 0.1) is 0 Å². The molecule has 0 bridgehead atoms. The van der Waals surface area contributed by atoms with Crippen LogP contribution in [0.5, 0.6) is 0 Å². The van der Waals surface area contributed by atoms with Gasteiger partial charge in [-0.2, -0.15) is 0 Å². The standard InChI is InChI=1S/C21H20N2O5S/c24-18-17(22-21(26)28-12-15-9-5-2-6-10-15)19-23(18)16(13-29-19)20(25)27-11-14-7-3-1-4-8-14/h1-10,16-17,19H,11-13H2,(H,22,26)/t16?,17?,19-/m1/s1. The van der Waals surface area contributed by atoms with Crippen LogP contribution in [-0.4, -0.2) is 46.1 Å². The van der Waals surface area contributed by atoms with Gasteiger partial charge in [0.05, 0.1) is 0 Å². The molecule has 2 unspecified atom stereocenters. The normalized spacial score (nSPS) is 22.4. The summed E-state index contributed by atoms with van der Waals surface area (Å²) in [5.74, 6) is -0.276. The number of hydrogen-bond acceptors (Lipinski definition) is 6. The van der Waals surface area contributed by atoms with Crippen LogP contribution in [0.3, 0.4) is 0 Å². The Morgan fingerprint density at radius 2 is 1.55 bits per heavy atom. The summed E-state index contributed by atoms with van der Waals surface area (Å²) < 4.78 is 10.5. The largest absolute Gasteiger partial charge is 0.459 e. The Labute approximate surface area is 172 Å². The van der Waals surface area contributed by atoms with Gasteiger partial charge in [0.25, 0.3) is 0 Å². The molecule has 4 rings (SSSR count). The molecule has 150 valence electrons. The summed E-state index contributed by atoms with van der Waals surface area (Å²) in [6, 6.07) is 17.4. The van der Waals surface area contributed by atoms with Crippen LogP contribution in [-0.2, 0) is 32.3 Å². The van der Waals surface area contributed by atoms with Crippen molar-refractivity contribution < 1.29 is 23.9 Å². The summed E-state index contributed by atoms with van der Waals surface area (Å²) in [5.41, 5.74) is 1.75. The van der Waals surface area contributed by atoms with Gasteiger partial charge in [0.2, 0.25) is 5.91 Å². The zero-order valence-electron chi connectivity index (χ0n) is 15.5. The summed E-state index contributed by atoms with van der Waals surface area (Å²) in [5, 5.41) is 2.32. The molecule has 2 aliphatic heterocycles. The Morgan fingerprint density at radius 1 is 0.966 bits per heavy atom. The van der Waals surface area contributed by atoms with E-state index in [1.165, 1.54) is 16.7 Å². The molecule has 2 aliphatic rings. The van der Waals surface area contributed by atoms with E-state index in [1.807, 2.05) is 60.7 Å². The molecule has 0 saturated carbocycles. The number of β-lactam (4-membered cyclic amide) rings is 1. The molecule has 2 heterocycles. The van der Waals surface area contributed by atoms with Crippen LogP contribution in [0.4, 0.5) is 4.79 Å². The quantitative estimate of drug-likeness (QED) is 0.579. The van der Waals surface area contributed by atoms with Gasteiger partial charge in [-0.05, 0) is 11.1 Å². The second-order valence-corrected chi connectivity index (χ2v) is 7.91. The molecule has 29 heavy (non-hydrogen) atoms. The lowest BCUT2D eigenvalue weighted by Gasteiger charge is -2.43. The number of ether oxygens (including phenoxy) is 2. The molecule has 2 aromatic rings. The monoisotopic (exact) mass is 412 g/mol. The number of fused-ring (bicyclic) bond motifs is 1. The topological polar surface area (TPSA) is 84.9 Å². The molecule has 2 aromatic carbocycles. The molecule has 1 N–H and O–H groups in total. The minimum Gasteiger partial charge on any atom is -0.459 e. The molecule has 2 fully saturated rings. The fourth-order valence-corrected chi connectivity index (χ4v) is 4.76. The highest BCUT2D eigenvalue weighted by molar-refractivity contribution is 8.00. The minimum atomic E-state index is -0.685. The molecule has 0 radical (unpaired) electrons. The van der Waals surface area contributed by atoms with Gasteiger partial charge in [0.1, 0.15) is 30.7 Å². The summed E-state index contributed by atoms with van der Waals surface area (Å²) in [4.78, 5) is 38.4. The maximum atomic E-state index is 12.5. The molecular formula is C21H20N2O5S. The van der Waals surface area contributed by atoms with Crippen LogP contribution in [0.15, 0.2) is 60.7 Å². The number of carbonyl (C=O) groups is 3. The van der Waals surface area contributed by atoms with Crippen molar-refractivity contribution in [2.24, 2.45) is 0 Å². The Kier molecular flexibility index (Phi) is 5.71. The zero-order chi connectivity index (χ0) is 20.2. The van der Waals surface area contributed by atoms with Crippen LogP contribution in [0.2, 0.25) is 0 Å². The molecular weight excluding hydrogens is 392 g/mol. The predicted molar refractivity (Wildman–Crippen MR) is 107 cm³/mol. The van der Waals surface area contributed by atoms with Gasteiger partial charge in [-0.3, -0.25) is 4.79 Å². The highest BCUT2D eigenvalue weighted by atomic mass is 32.2. The van der Waals surface area contributed by atoms with E-state index in [1.54, 1.807) is 0 Å². The Hall–Kier alpha value is -3.00. The molecule has 8 heteroatoms. The Balaban J connectivity index is 1.26. The number of thioether (sulfide) groups is 1. The van der Waals surface area contributed by atoms with Crippen molar-refractivity contribution in [2.75, 3.05) is 5.75 Å². The Morgan fingerprint density at radius 3 is 2.17 bits per heavy atom. The van der Waals surface area contributed by atoms with E-state index < -0.39 is 24.1 Å². The number of nitrogens with zero attached hydrogens (tertiary/aromatic N) is 1. The first-order valence-electron chi connectivity index (χ1n) is 9.25. The third-order valence-electron chi connectivity index (χ3n) is 4.82. The second kappa shape index (κ2) is 8.57. The maximum absolute atomic E-state index is 12.5. The first-order valence-corrected chi connectivity index (χ1v) is 10.3.